The van der Waals surface area contributed by atoms with Crippen LogP contribution in [0.4, 0.5) is 0 Å². The van der Waals surface area contributed by atoms with Crippen LogP contribution >= 0.6 is 0 Å². The van der Waals surface area contributed by atoms with Gasteiger partial charge in [0.05, 0.1) is 8.07 Å². The molecular formula is C17H21Cl3SiTi. The maximum atomic E-state index is 3.72. The van der Waals surface area contributed by atoms with Crippen molar-refractivity contribution in [2.45, 2.75) is 44.7 Å². The fourth-order valence-electron chi connectivity index (χ4n) is 3.71. The summed E-state index contributed by atoms with van der Waals surface area (Å²) in [6, 6.07) is 14.2. The molecule has 0 saturated carbocycles. The summed E-state index contributed by atoms with van der Waals surface area (Å²) >= 11 is 0. The van der Waals surface area contributed by atoms with Gasteiger partial charge in [-0.15, -0.1) is 6.42 Å². The Bertz CT molecular complexity index is 494. The number of halogens is 3. The third-order valence-electron chi connectivity index (χ3n) is 4.59. The average Bonchev–Trinajstić information content (AvgIpc) is 3.09. The van der Waals surface area contributed by atoms with Gasteiger partial charge in [-0.1, -0.05) is 73.8 Å². The molecule has 0 aromatic heterocycles. The molecule has 3 rings (SSSR count). The van der Waals surface area contributed by atoms with Crippen molar-refractivity contribution >= 4 is 13.3 Å². The molecular weight excluding hydrogens is 386 g/mol. The molecule has 0 N–H and O–H groups in total. The van der Waals surface area contributed by atoms with Gasteiger partial charge in [-0.25, -0.2) is 10.8 Å². The van der Waals surface area contributed by atoms with Crippen LogP contribution in [0.3, 0.4) is 0 Å². The van der Waals surface area contributed by atoms with Gasteiger partial charge in [-0.3, -0.25) is 6.08 Å². The van der Waals surface area contributed by atoms with Crippen LogP contribution in [0.25, 0.3) is 0 Å². The second kappa shape index (κ2) is 11.1. The van der Waals surface area contributed by atoms with Crippen molar-refractivity contribution < 1.29 is 58.9 Å². The normalized spacial score (nSPS) is 17.9. The summed E-state index contributed by atoms with van der Waals surface area (Å²) in [5.74, 6) is 0. The monoisotopic (exact) mass is 406 g/mol. The van der Waals surface area contributed by atoms with E-state index in [9.17, 15) is 0 Å². The summed E-state index contributed by atoms with van der Waals surface area (Å²) in [5.41, 5.74) is 1.60. The van der Waals surface area contributed by atoms with E-state index in [0.717, 1.165) is 6.42 Å². The number of rotatable bonds is 3. The number of hydrogen-bond donors (Lipinski definition) is 0. The first-order chi connectivity index (χ1) is 8.87. The van der Waals surface area contributed by atoms with Crippen molar-refractivity contribution in [3.05, 3.63) is 53.3 Å². The van der Waals surface area contributed by atoms with Crippen molar-refractivity contribution in [2.24, 2.45) is 0 Å². The van der Waals surface area contributed by atoms with Gasteiger partial charge in [-0.2, -0.15) is 6.08 Å². The average molecular weight is 408 g/mol. The topological polar surface area (TPSA) is 0 Å². The zero-order valence-electron chi connectivity index (χ0n) is 12.8. The van der Waals surface area contributed by atoms with Gasteiger partial charge < -0.3 is 37.2 Å². The van der Waals surface area contributed by atoms with E-state index < -0.39 is 8.07 Å². The molecule has 1 saturated heterocycles. The SMILES string of the molecule is CCC1=CC[C-]=C1[Si]1(c2ccccc2)CCCC1.[Cl-].[Cl-].[Cl-].[Ti+4]. The Morgan fingerprint density at radius 2 is 1.59 bits per heavy atom. The third kappa shape index (κ3) is 4.53. The van der Waals surface area contributed by atoms with Gasteiger partial charge in [0.15, 0.2) is 0 Å². The van der Waals surface area contributed by atoms with Crippen molar-refractivity contribution in [1.29, 1.82) is 0 Å². The van der Waals surface area contributed by atoms with Crippen molar-refractivity contribution in [1.82, 2.24) is 0 Å². The minimum absolute atomic E-state index is 0. The largest absolute Gasteiger partial charge is 4.00 e. The summed E-state index contributed by atoms with van der Waals surface area (Å²) < 4.78 is 0. The standard InChI is InChI=1S/C17H21Si.3ClH.Ti/c1-2-15-9-8-12-17(15)18(13-6-7-14-18)16-10-4-3-5-11-16;;;;/h3-5,9-11H,2,6-8,13-14H2,1H3;3*1H;/q-1;;;;+4/p-3. The predicted molar refractivity (Wildman–Crippen MR) is 80.4 cm³/mol. The van der Waals surface area contributed by atoms with Crippen LogP contribution in [-0.2, 0) is 21.7 Å². The smallest absolute Gasteiger partial charge is 1.00 e. The zero-order valence-corrected chi connectivity index (χ0v) is 17.7. The van der Waals surface area contributed by atoms with Crippen molar-refractivity contribution in [3.8, 4) is 0 Å². The van der Waals surface area contributed by atoms with Crippen molar-refractivity contribution in [3.63, 3.8) is 0 Å². The maximum absolute atomic E-state index is 3.72. The van der Waals surface area contributed by atoms with E-state index in [1.165, 1.54) is 31.4 Å². The van der Waals surface area contributed by atoms with Gasteiger partial charge in [0.2, 0.25) is 0 Å². The molecule has 0 amide bonds. The molecule has 1 fully saturated rings. The first kappa shape index (κ1) is 24.7. The molecule has 1 aliphatic carbocycles. The Hall–Kier alpha value is 0.501. The molecule has 0 radical (unpaired) electrons. The predicted octanol–water partition coefficient (Wildman–Crippen LogP) is -4.85. The van der Waals surface area contributed by atoms with Crippen LogP contribution < -0.4 is 42.4 Å². The molecule has 0 spiro atoms. The van der Waals surface area contributed by atoms with E-state index in [1.807, 2.05) is 0 Å². The first-order valence-electron chi connectivity index (χ1n) is 7.23. The minimum atomic E-state index is -1.42. The molecule has 118 valence electrons. The Balaban J connectivity index is 0. The summed E-state index contributed by atoms with van der Waals surface area (Å²) in [6.07, 6.45) is 11.2. The van der Waals surface area contributed by atoms with Crippen molar-refractivity contribution in [2.75, 3.05) is 0 Å². The van der Waals surface area contributed by atoms with E-state index in [-0.39, 0.29) is 58.9 Å². The molecule has 1 heterocycles. The van der Waals surface area contributed by atoms with E-state index >= 15 is 0 Å². The van der Waals surface area contributed by atoms with Crippen LogP contribution in [0.5, 0.6) is 0 Å². The summed E-state index contributed by atoms with van der Waals surface area (Å²) in [7, 11) is -1.42. The summed E-state index contributed by atoms with van der Waals surface area (Å²) in [5, 5.41) is 3.31. The maximum Gasteiger partial charge on any atom is 4.00 e. The first-order valence-corrected chi connectivity index (χ1v) is 9.64. The Morgan fingerprint density at radius 1 is 1.00 bits per heavy atom. The fourth-order valence-corrected chi connectivity index (χ4v) is 9.20. The minimum Gasteiger partial charge on any atom is -1.00 e. The molecule has 0 bridgehead atoms. The molecule has 2 aliphatic rings. The molecule has 1 aromatic carbocycles. The molecule has 5 heteroatoms. The van der Waals surface area contributed by atoms with E-state index in [4.69, 9.17) is 0 Å². The van der Waals surface area contributed by atoms with E-state index in [0.29, 0.717) is 0 Å². The second-order valence-corrected chi connectivity index (χ2v) is 9.74. The van der Waals surface area contributed by atoms with Crippen LogP contribution in [0.2, 0.25) is 12.1 Å². The zero-order chi connectivity index (χ0) is 12.4. The Labute approximate surface area is 169 Å². The Morgan fingerprint density at radius 3 is 2.14 bits per heavy atom. The van der Waals surface area contributed by atoms with Gasteiger partial charge >= 0.3 is 21.7 Å². The van der Waals surface area contributed by atoms with E-state index in [1.54, 1.807) is 16.0 Å². The second-order valence-electron chi connectivity index (χ2n) is 5.49. The van der Waals surface area contributed by atoms with Gasteiger partial charge in [0, 0.05) is 0 Å². The summed E-state index contributed by atoms with van der Waals surface area (Å²) in [4.78, 5) is 0. The van der Waals surface area contributed by atoms with Crippen LogP contribution in [0.1, 0.15) is 32.6 Å². The summed E-state index contributed by atoms with van der Waals surface area (Å²) in [6.45, 7) is 2.29. The van der Waals surface area contributed by atoms with E-state index in [2.05, 4.69) is 49.4 Å². The van der Waals surface area contributed by atoms with Crippen LogP contribution in [-0.4, -0.2) is 8.07 Å². The number of benzene rings is 1. The number of allylic oxidation sites excluding steroid dienone is 4. The van der Waals surface area contributed by atoms with Gasteiger partial charge in [0.25, 0.3) is 0 Å². The number of hydrogen-bond acceptors (Lipinski definition) is 0. The molecule has 0 nitrogen and oxygen atoms in total. The fraction of sp³-hybridized carbons (Fsp3) is 0.412. The molecule has 22 heavy (non-hydrogen) atoms. The molecule has 0 unspecified atom stereocenters. The van der Waals surface area contributed by atoms with Crippen LogP contribution in [0, 0.1) is 6.08 Å². The quantitative estimate of drug-likeness (QED) is 0.348. The van der Waals surface area contributed by atoms with Gasteiger partial charge in [-0.05, 0) is 0 Å². The molecule has 1 aliphatic heterocycles. The third-order valence-corrected chi connectivity index (χ3v) is 9.90. The molecule has 0 atom stereocenters. The molecule has 1 aromatic rings. The Kier molecular flexibility index (Phi) is 12.5. The van der Waals surface area contributed by atoms with Gasteiger partial charge in [0.1, 0.15) is 0 Å². The van der Waals surface area contributed by atoms with Crippen LogP contribution in [0.15, 0.2) is 47.2 Å².